The van der Waals surface area contributed by atoms with Crippen LogP contribution in [0.1, 0.15) is 55.9 Å². The number of benzene rings is 4. The van der Waals surface area contributed by atoms with Gasteiger partial charge in [-0.2, -0.15) is 0 Å². The van der Waals surface area contributed by atoms with E-state index in [9.17, 15) is 14.0 Å². The molecule has 4 aromatic carbocycles. The van der Waals surface area contributed by atoms with Crippen molar-refractivity contribution in [2.75, 3.05) is 13.1 Å². The van der Waals surface area contributed by atoms with E-state index >= 15 is 4.79 Å². The third-order valence-electron chi connectivity index (χ3n) is 8.96. The molecule has 0 bridgehead atoms. The lowest BCUT2D eigenvalue weighted by Gasteiger charge is -2.48. The Bertz CT molecular complexity index is 1690. The highest BCUT2D eigenvalue weighted by atomic mass is 19.1. The molecule has 0 radical (unpaired) electrons. The van der Waals surface area contributed by atoms with E-state index < -0.39 is 35.0 Å². The average Bonchev–Trinajstić information content (AvgIpc) is 3.11. The zero-order chi connectivity index (χ0) is 35.6. The van der Waals surface area contributed by atoms with Gasteiger partial charge in [-0.15, -0.1) is 0 Å². The van der Waals surface area contributed by atoms with Gasteiger partial charge in [-0.05, 0) is 68.0 Å². The highest BCUT2D eigenvalue weighted by Gasteiger charge is 2.49. The smallest absolute Gasteiger partial charge is 0.408 e. The van der Waals surface area contributed by atoms with Crippen molar-refractivity contribution >= 4 is 17.9 Å². The fraction of sp³-hybridized carbons (Fsp3) is 0.341. The minimum atomic E-state index is -1.27. The number of hydrogen-bond donors (Lipinski definition) is 2. The van der Waals surface area contributed by atoms with Crippen molar-refractivity contribution in [1.82, 2.24) is 20.4 Å². The van der Waals surface area contributed by atoms with E-state index in [1.807, 2.05) is 78.9 Å². The molecule has 3 amide bonds. The number of amides is 3. The molecule has 4 aromatic rings. The van der Waals surface area contributed by atoms with Gasteiger partial charge >= 0.3 is 6.09 Å². The molecule has 1 heterocycles. The standard InChI is InChI=1S/C41H47FN4O4/c1-40(2,3)50-39(49)44-36(27-31-13-7-4-8-14-31)37(47)46(30-34-19-21-35(42)22-20-34)41(38(48)43-28-32-15-9-5-10-16-32)23-25-45(26-24-41)29-33-17-11-6-12-18-33/h4-22,36H,23-30H2,1-3H3,(H,43,48)(H,44,49)/t36-/m0/s1. The highest BCUT2D eigenvalue weighted by molar-refractivity contribution is 5.94. The minimum absolute atomic E-state index is 0.0395. The maximum absolute atomic E-state index is 15.1. The number of hydrogen-bond acceptors (Lipinski definition) is 5. The van der Waals surface area contributed by atoms with E-state index in [0.29, 0.717) is 38.0 Å². The molecule has 0 unspecified atom stereocenters. The first-order valence-corrected chi connectivity index (χ1v) is 17.2. The Balaban J connectivity index is 1.53. The van der Waals surface area contributed by atoms with Gasteiger partial charge in [0.2, 0.25) is 11.8 Å². The summed E-state index contributed by atoms with van der Waals surface area (Å²) < 4.78 is 19.7. The molecule has 1 saturated heterocycles. The Labute approximate surface area is 294 Å². The van der Waals surface area contributed by atoms with Gasteiger partial charge in [-0.25, -0.2) is 9.18 Å². The first-order valence-electron chi connectivity index (χ1n) is 17.2. The van der Waals surface area contributed by atoms with E-state index in [0.717, 1.165) is 16.7 Å². The molecule has 262 valence electrons. The maximum atomic E-state index is 15.1. The summed E-state index contributed by atoms with van der Waals surface area (Å²) in [7, 11) is 0. The zero-order valence-electron chi connectivity index (χ0n) is 29.1. The molecule has 1 aliphatic heterocycles. The van der Waals surface area contributed by atoms with Gasteiger partial charge < -0.3 is 20.3 Å². The zero-order valence-corrected chi connectivity index (χ0v) is 29.1. The third-order valence-corrected chi connectivity index (χ3v) is 8.96. The molecule has 2 N–H and O–H groups in total. The summed E-state index contributed by atoms with van der Waals surface area (Å²) in [5.74, 6) is -1.09. The lowest BCUT2D eigenvalue weighted by Crippen LogP contribution is -2.67. The van der Waals surface area contributed by atoms with Crippen LogP contribution >= 0.6 is 0 Å². The number of ether oxygens (including phenoxy) is 1. The van der Waals surface area contributed by atoms with Crippen LogP contribution in [0.5, 0.6) is 0 Å². The Morgan fingerprint density at radius 1 is 0.780 bits per heavy atom. The summed E-state index contributed by atoms with van der Waals surface area (Å²) in [6.45, 7) is 7.44. The fourth-order valence-electron chi connectivity index (χ4n) is 6.39. The normalized spacial score (nSPS) is 15.0. The summed E-state index contributed by atoms with van der Waals surface area (Å²) in [4.78, 5) is 46.8. The van der Waals surface area contributed by atoms with Gasteiger partial charge in [0.1, 0.15) is 23.0 Å². The number of nitrogens with zero attached hydrogens (tertiary/aromatic N) is 2. The summed E-state index contributed by atoms with van der Waals surface area (Å²) in [5, 5.41) is 5.98. The number of alkyl carbamates (subject to hydrolysis) is 1. The second kappa shape index (κ2) is 16.6. The quantitative estimate of drug-likeness (QED) is 0.175. The van der Waals surface area contributed by atoms with Crippen LogP contribution in [0, 0.1) is 5.82 Å². The average molecular weight is 679 g/mol. The van der Waals surface area contributed by atoms with Crippen molar-refractivity contribution in [2.24, 2.45) is 0 Å². The first kappa shape index (κ1) is 36.3. The Kier molecular flexibility index (Phi) is 12.0. The fourth-order valence-corrected chi connectivity index (χ4v) is 6.39. The molecule has 8 nitrogen and oxygen atoms in total. The monoisotopic (exact) mass is 678 g/mol. The lowest BCUT2D eigenvalue weighted by molar-refractivity contribution is -0.154. The van der Waals surface area contributed by atoms with Crippen molar-refractivity contribution < 1.29 is 23.5 Å². The van der Waals surface area contributed by atoms with Crippen molar-refractivity contribution in [1.29, 1.82) is 0 Å². The Morgan fingerprint density at radius 3 is 1.88 bits per heavy atom. The predicted octanol–water partition coefficient (Wildman–Crippen LogP) is 6.64. The number of carbonyl (C=O) groups excluding carboxylic acids is 3. The molecule has 1 fully saturated rings. The maximum Gasteiger partial charge on any atom is 0.408 e. The first-order chi connectivity index (χ1) is 24.0. The number of carbonyl (C=O) groups is 3. The molecule has 0 saturated carbocycles. The number of likely N-dealkylation sites (tertiary alicyclic amines) is 1. The molecular weight excluding hydrogens is 631 g/mol. The van der Waals surface area contributed by atoms with Gasteiger partial charge in [0, 0.05) is 39.1 Å². The number of halogens is 1. The second-order valence-corrected chi connectivity index (χ2v) is 13.9. The molecule has 0 spiro atoms. The van der Waals surface area contributed by atoms with E-state index in [2.05, 4.69) is 27.7 Å². The van der Waals surface area contributed by atoms with Gasteiger partial charge in [0.05, 0.1) is 0 Å². The van der Waals surface area contributed by atoms with Crippen LogP contribution in [0.15, 0.2) is 115 Å². The van der Waals surface area contributed by atoms with Crippen molar-refractivity contribution in [3.63, 3.8) is 0 Å². The van der Waals surface area contributed by atoms with Crippen molar-refractivity contribution in [3.05, 3.63) is 143 Å². The lowest BCUT2D eigenvalue weighted by atomic mass is 9.82. The van der Waals surface area contributed by atoms with Gasteiger partial charge in [-0.1, -0.05) is 103 Å². The second-order valence-electron chi connectivity index (χ2n) is 13.9. The van der Waals surface area contributed by atoms with Crippen LogP contribution in [0.3, 0.4) is 0 Å². The molecule has 50 heavy (non-hydrogen) atoms. The van der Waals surface area contributed by atoms with E-state index in [4.69, 9.17) is 4.74 Å². The third kappa shape index (κ3) is 10.0. The summed E-state index contributed by atoms with van der Waals surface area (Å²) in [6.07, 6.45) is 0.171. The molecule has 1 atom stereocenters. The summed E-state index contributed by atoms with van der Waals surface area (Å²) in [5.41, 5.74) is 1.54. The molecule has 0 aromatic heterocycles. The van der Waals surface area contributed by atoms with E-state index in [1.54, 1.807) is 37.8 Å². The number of piperidine rings is 1. The van der Waals surface area contributed by atoms with Crippen LogP contribution in [0.25, 0.3) is 0 Å². The van der Waals surface area contributed by atoms with Crippen LogP contribution < -0.4 is 10.6 Å². The molecule has 0 aliphatic carbocycles. The van der Waals surface area contributed by atoms with Crippen molar-refractivity contribution in [3.8, 4) is 0 Å². The summed E-state index contributed by atoms with van der Waals surface area (Å²) in [6, 6.07) is 34.1. The predicted molar refractivity (Wildman–Crippen MR) is 192 cm³/mol. The SMILES string of the molecule is CC(C)(C)OC(=O)N[C@@H](Cc1ccccc1)C(=O)N(Cc1ccc(F)cc1)C1(C(=O)NCc2ccccc2)CCN(Cc2ccccc2)CC1. The Morgan fingerprint density at radius 2 is 1.32 bits per heavy atom. The number of nitrogens with one attached hydrogen (secondary N) is 2. The molecule has 5 rings (SSSR count). The van der Waals surface area contributed by atoms with Crippen molar-refractivity contribution in [2.45, 2.75) is 76.8 Å². The summed E-state index contributed by atoms with van der Waals surface area (Å²) >= 11 is 0. The van der Waals surface area contributed by atoms with Crippen LogP contribution in [-0.4, -0.2) is 58.0 Å². The van der Waals surface area contributed by atoms with Crippen LogP contribution in [-0.2, 0) is 40.4 Å². The van der Waals surface area contributed by atoms with E-state index in [-0.39, 0.29) is 25.4 Å². The Hall–Kier alpha value is -5.02. The van der Waals surface area contributed by atoms with Crippen LogP contribution in [0.2, 0.25) is 0 Å². The van der Waals surface area contributed by atoms with Gasteiger partial charge in [-0.3, -0.25) is 14.5 Å². The van der Waals surface area contributed by atoms with Gasteiger partial charge in [0.15, 0.2) is 0 Å². The minimum Gasteiger partial charge on any atom is -0.444 e. The largest absolute Gasteiger partial charge is 0.444 e. The molecule has 9 heteroatoms. The highest BCUT2D eigenvalue weighted by Crippen LogP contribution is 2.33. The number of rotatable bonds is 12. The topological polar surface area (TPSA) is 91.0 Å². The van der Waals surface area contributed by atoms with Gasteiger partial charge in [0.25, 0.3) is 0 Å². The molecular formula is C41H47FN4O4. The van der Waals surface area contributed by atoms with E-state index in [1.165, 1.54) is 12.1 Å². The van der Waals surface area contributed by atoms with Crippen LogP contribution in [0.4, 0.5) is 9.18 Å². The molecule has 1 aliphatic rings.